The number of nitrogens with zero attached hydrogens (tertiary/aromatic N) is 1. The summed E-state index contributed by atoms with van der Waals surface area (Å²) in [7, 11) is 0. The third-order valence-corrected chi connectivity index (χ3v) is 4.26. The van der Waals surface area contributed by atoms with Crippen molar-refractivity contribution in [3.05, 3.63) is 24.2 Å². The topological polar surface area (TPSA) is 37.6 Å². The number of hydrogen-bond acceptors (Lipinski definition) is 4. The lowest BCUT2D eigenvalue weighted by Gasteiger charge is -2.24. The molecule has 0 radical (unpaired) electrons. The second-order valence-corrected chi connectivity index (χ2v) is 6.01. The van der Waals surface area contributed by atoms with Crippen LogP contribution >= 0.6 is 0 Å². The highest BCUT2D eigenvalue weighted by atomic mass is 16.5. The lowest BCUT2D eigenvalue weighted by Crippen LogP contribution is -2.35. The van der Waals surface area contributed by atoms with Gasteiger partial charge in [0.2, 0.25) is 0 Å². The molecule has 2 atom stereocenters. The fourth-order valence-electron chi connectivity index (χ4n) is 3.02. The highest BCUT2D eigenvalue weighted by Gasteiger charge is 2.33. The second kappa shape index (κ2) is 6.74. The van der Waals surface area contributed by atoms with E-state index in [1.807, 2.05) is 6.07 Å². The molecule has 1 aliphatic carbocycles. The Morgan fingerprint density at radius 1 is 1.25 bits per heavy atom. The maximum absolute atomic E-state index is 6.16. The quantitative estimate of drug-likeness (QED) is 0.792. The zero-order chi connectivity index (χ0) is 13.8. The molecule has 4 nitrogen and oxygen atoms in total. The first-order chi connectivity index (χ1) is 9.85. The first kappa shape index (κ1) is 14.1. The summed E-state index contributed by atoms with van der Waals surface area (Å²) in [5.74, 6) is 1.07. The average molecular weight is 278 g/mol. The van der Waals surface area contributed by atoms with Crippen LogP contribution in [0.15, 0.2) is 22.8 Å². The van der Waals surface area contributed by atoms with Crippen LogP contribution in [0.5, 0.6) is 0 Å². The Morgan fingerprint density at radius 2 is 2.10 bits per heavy atom. The van der Waals surface area contributed by atoms with Crippen LogP contribution in [0.3, 0.4) is 0 Å². The van der Waals surface area contributed by atoms with E-state index >= 15 is 0 Å². The minimum Gasteiger partial charge on any atom is -0.468 e. The predicted molar refractivity (Wildman–Crippen MR) is 78.6 cm³/mol. The second-order valence-electron chi connectivity index (χ2n) is 6.01. The van der Waals surface area contributed by atoms with Gasteiger partial charge in [-0.3, -0.25) is 4.90 Å². The van der Waals surface area contributed by atoms with Gasteiger partial charge in [0.05, 0.1) is 25.0 Å². The smallest absolute Gasteiger partial charge is 0.117 e. The summed E-state index contributed by atoms with van der Waals surface area (Å²) in [5.41, 5.74) is 0. The fourth-order valence-corrected chi connectivity index (χ4v) is 3.02. The maximum atomic E-state index is 6.16. The lowest BCUT2D eigenvalue weighted by atomic mass is 10.2. The highest BCUT2D eigenvalue weighted by molar-refractivity contribution is 5.00. The summed E-state index contributed by atoms with van der Waals surface area (Å²) in [6.07, 6.45) is 7.61. The van der Waals surface area contributed by atoms with Gasteiger partial charge in [-0.1, -0.05) is 6.92 Å². The maximum Gasteiger partial charge on any atom is 0.117 e. The van der Waals surface area contributed by atoms with Crippen LogP contribution in [0, 0.1) is 0 Å². The van der Waals surface area contributed by atoms with E-state index in [0.717, 1.165) is 38.0 Å². The first-order valence-electron chi connectivity index (χ1n) is 7.97. The zero-order valence-corrected chi connectivity index (χ0v) is 12.4. The number of ether oxygens (including phenoxy) is 1. The fraction of sp³-hybridized carbons (Fsp3) is 0.750. The van der Waals surface area contributed by atoms with Crippen LogP contribution in [-0.4, -0.2) is 42.8 Å². The van der Waals surface area contributed by atoms with E-state index in [4.69, 9.17) is 9.15 Å². The standard InChI is InChI=1S/C16H26N2O2/c1-2-17-10-14-7-8-16(20-14)12-18(13-5-6-13)11-15-4-3-9-19-15/h3-4,9,13-14,16-17H,2,5-8,10-12H2,1H3. The van der Waals surface area contributed by atoms with Gasteiger partial charge in [0.1, 0.15) is 5.76 Å². The van der Waals surface area contributed by atoms with Gasteiger partial charge >= 0.3 is 0 Å². The third kappa shape index (κ3) is 3.84. The van der Waals surface area contributed by atoms with Crippen molar-refractivity contribution in [2.75, 3.05) is 19.6 Å². The summed E-state index contributed by atoms with van der Waals surface area (Å²) in [6.45, 7) is 6.14. The van der Waals surface area contributed by atoms with Crippen LogP contribution < -0.4 is 5.32 Å². The van der Waals surface area contributed by atoms with Crippen molar-refractivity contribution in [2.24, 2.45) is 0 Å². The molecule has 20 heavy (non-hydrogen) atoms. The van der Waals surface area contributed by atoms with Crippen LogP contribution in [0.2, 0.25) is 0 Å². The van der Waals surface area contributed by atoms with E-state index in [1.54, 1.807) is 6.26 Å². The molecule has 2 aliphatic rings. The minimum absolute atomic E-state index is 0.397. The molecule has 2 unspecified atom stereocenters. The van der Waals surface area contributed by atoms with Gasteiger partial charge < -0.3 is 14.5 Å². The normalized spacial score (nSPS) is 26.5. The SMILES string of the molecule is CCNCC1CCC(CN(Cc2ccco2)C2CC2)O1. The molecule has 3 rings (SSSR count). The van der Waals surface area contributed by atoms with E-state index in [0.29, 0.717) is 12.2 Å². The molecule has 4 heteroatoms. The van der Waals surface area contributed by atoms with Gasteiger partial charge in [0.15, 0.2) is 0 Å². The van der Waals surface area contributed by atoms with Gasteiger partial charge in [-0.05, 0) is 44.4 Å². The Balaban J connectivity index is 1.47. The summed E-state index contributed by atoms with van der Waals surface area (Å²) in [5, 5.41) is 3.38. The summed E-state index contributed by atoms with van der Waals surface area (Å²) in [6, 6.07) is 4.79. The van der Waals surface area contributed by atoms with E-state index in [1.165, 1.54) is 25.7 Å². The van der Waals surface area contributed by atoms with Crippen molar-refractivity contribution in [3.8, 4) is 0 Å². The van der Waals surface area contributed by atoms with Gasteiger partial charge in [0, 0.05) is 19.1 Å². The molecule has 1 aromatic rings. The van der Waals surface area contributed by atoms with E-state index in [9.17, 15) is 0 Å². The van der Waals surface area contributed by atoms with Crippen molar-refractivity contribution in [3.63, 3.8) is 0 Å². The highest BCUT2D eigenvalue weighted by Crippen LogP contribution is 2.30. The molecule has 1 aliphatic heterocycles. The molecule has 1 aromatic heterocycles. The number of rotatable bonds is 8. The Morgan fingerprint density at radius 3 is 2.80 bits per heavy atom. The van der Waals surface area contributed by atoms with Crippen molar-refractivity contribution >= 4 is 0 Å². The largest absolute Gasteiger partial charge is 0.468 e. The molecule has 0 amide bonds. The van der Waals surface area contributed by atoms with E-state index in [-0.39, 0.29) is 0 Å². The van der Waals surface area contributed by atoms with Gasteiger partial charge in [-0.25, -0.2) is 0 Å². The van der Waals surface area contributed by atoms with Gasteiger partial charge in [-0.15, -0.1) is 0 Å². The number of nitrogens with one attached hydrogen (secondary N) is 1. The third-order valence-electron chi connectivity index (χ3n) is 4.26. The molecular formula is C16H26N2O2. The van der Waals surface area contributed by atoms with Crippen molar-refractivity contribution in [1.82, 2.24) is 10.2 Å². The number of likely N-dealkylation sites (N-methyl/N-ethyl adjacent to an activating group) is 1. The molecule has 1 N–H and O–H groups in total. The molecule has 2 fully saturated rings. The molecule has 2 heterocycles. The van der Waals surface area contributed by atoms with E-state index in [2.05, 4.69) is 23.2 Å². The lowest BCUT2D eigenvalue weighted by molar-refractivity contribution is 0.0190. The monoisotopic (exact) mass is 278 g/mol. The molecule has 112 valence electrons. The Kier molecular flexibility index (Phi) is 4.76. The van der Waals surface area contributed by atoms with Gasteiger partial charge in [0.25, 0.3) is 0 Å². The molecule has 1 saturated heterocycles. The predicted octanol–water partition coefficient (Wildman–Crippen LogP) is 2.40. The summed E-state index contributed by atoms with van der Waals surface area (Å²) >= 11 is 0. The van der Waals surface area contributed by atoms with Crippen molar-refractivity contribution in [2.45, 2.75) is 57.4 Å². The van der Waals surface area contributed by atoms with Crippen molar-refractivity contribution in [1.29, 1.82) is 0 Å². The van der Waals surface area contributed by atoms with Crippen LogP contribution in [-0.2, 0) is 11.3 Å². The van der Waals surface area contributed by atoms with Crippen molar-refractivity contribution < 1.29 is 9.15 Å². The van der Waals surface area contributed by atoms with Crippen LogP contribution in [0.4, 0.5) is 0 Å². The number of hydrogen-bond donors (Lipinski definition) is 1. The summed E-state index contributed by atoms with van der Waals surface area (Å²) < 4.78 is 11.6. The summed E-state index contributed by atoms with van der Waals surface area (Å²) in [4.78, 5) is 2.54. The molecule has 0 spiro atoms. The van der Waals surface area contributed by atoms with Crippen LogP contribution in [0.25, 0.3) is 0 Å². The van der Waals surface area contributed by atoms with Crippen LogP contribution in [0.1, 0.15) is 38.4 Å². The molecule has 1 saturated carbocycles. The molecular weight excluding hydrogens is 252 g/mol. The van der Waals surface area contributed by atoms with Gasteiger partial charge in [-0.2, -0.15) is 0 Å². The Hall–Kier alpha value is -0.840. The Labute approximate surface area is 121 Å². The molecule has 0 bridgehead atoms. The average Bonchev–Trinajstić information content (AvgIpc) is 3.00. The minimum atomic E-state index is 0.397. The zero-order valence-electron chi connectivity index (χ0n) is 12.4. The Bertz CT molecular complexity index is 389. The van der Waals surface area contributed by atoms with E-state index < -0.39 is 0 Å². The first-order valence-corrected chi connectivity index (χ1v) is 7.97. The molecule has 0 aromatic carbocycles. The number of furan rings is 1.